The van der Waals surface area contributed by atoms with Crippen LogP contribution >= 0.6 is 0 Å². The summed E-state index contributed by atoms with van der Waals surface area (Å²) >= 11 is 0. The van der Waals surface area contributed by atoms with Crippen LogP contribution in [0.4, 0.5) is 5.69 Å². The van der Waals surface area contributed by atoms with Crippen LogP contribution in [0.1, 0.15) is 11.1 Å². The number of hydrogen-bond acceptors (Lipinski definition) is 2. The molecule has 0 saturated heterocycles. The van der Waals surface area contributed by atoms with E-state index in [1.807, 2.05) is 54.6 Å². The van der Waals surface area contributed by atoms with Crippen molar-refractivity contribution in [1.29, 1.82) is 0 Å². The van der Waals surface area contributed by atoms with Crippen LogP contribution in [-0.4, -0.2) is 11.1 Å². The first-order chi connectivity index (χ1) is 9.25. The second-order valence-electron chi connectivity index (χ2n) is 4.76. The van der Waals surface area contributed by atoms with Crippen molar-refractivity contribution in [2.24, 2.45) is 0 Å². The third-order valence-electron chi connectivity index (χ3n) is 3.53. The third kappa shape index (κ3) is 2.17. The lowest BCUT2D eigenvalue weighted by Gasteiger charge is -2.17. The quantitative estimate of drug-likeness (QED) is 0.625. The van der Waals surface area contributed by atoms with Crippen molar-refractivity contribution in [3.63, 3.8) is 0 Å². The van der Waals surface area contributed by atoms with E-state index in [2.05, 4.69) is 0 Å². The lowest BCUT2D eigenvalue weighted by Crippen LogP contribution is -2.38. The van der Waals surface area contributed by atoms with Crippen LogP contribution in [0.5, 0.6) is 0 Å². The van der Waals surface area contributed by atoms with Crippen molar-refractivity contribution >= 4 is 5.69 Å². The second-order valence-corrected chi connectivity index (χ2v) is 4.76. The Balaban J connectivity index is 1.89. The van der Waals surface area contributed by atoms with Gasteiger partial charge in [0.05, 0.1) is 0 Å². The molecule has 2 aromatic rings. The molecule has 19 heavy (non-hydrogen) atoms. The topological polar surface area (TPSA) is 46.4 Å². The van der Waals surface area contributed by atoms with Crippen LogP contribution in [0.15, 0.2) is 54.6 Å². The zero-order valence-electron chi connectivity index (χ0n) is 10.4. The molecule has 3 rings (SSSR count). The standard InChI is InChI=1S/C15H14N2O2/c18-17(19)16-14(10-12-6-2-1-3-7-12)11-13-8-4-5-9-15(13)16/h1-9,14H,10-11H2. The fraction of sp³-hybridized carbons (Fsp3) is 0.200. The average molecular weight is 254 g/mol. The molecule has 0 saturated carbocycles. The van der Waals surface area contributed by atoms with E-state index in [4.69, 9.17) is 0 Å². The van der Waals surface area contributed by atoms with Crippen molar-refractivity contribution in [3.8, 4) is 0 Å². The molecule has 0 bridgehead atoms. The molecule has 1 heterocycles. The molecule has 0 radical (unpaired) electrons. The number of hydrogen-bond donors (Lipinski definition) is 0. The van der Waals surface area contributed by atoms with Gasteiger partial charge in [-0.1, -0.05) is 53.5 Å². The Morgan fingerprint density at radius 1 is 1.11 bits per heavy atom. The molecule has 0 fully saturated rings. The van der Waals surface area contributed by atoms with Crippen LogP contribution in [-0.2, 0) is 12.8 Å². The predicted octanol–water partition coefficient (Wildman–Crippen LogP) is 2.85. The van der Waals surface area contributed by atoms with Crippen molar-refractivity contribution < 1.29 is 5.03 Å². The summed E-state index contributed by atoms with van der Waals surface area (Å²) < 4.78 is 0. The number of anilines is 1. The van der Waals surface area contributed by atoms with Crippen LogP contribution in [0, 0.1) is 10.1 Å². The number of fused-ring (bicyclic) bond motifs is 1. The van der Waals surface area contributed by atoms with E-state index >= 15 is 0 Å². The van der Waals surface area contributed by atoms with E-state index in [-0.39, 0.29) is 11.1 Å². The Labute approximate surface area is 111 Å². The fourth-order valence-corrected chi connectivity index (χ4v) is 2.71. The van der Waals surface area contributed by atoms with Gasteiger partial charge < -0.3 is 0 Å². The Kier molecular flexibility index (Phi) is 2.91. The first-order valence-corrected chi connectivity index (χ1v) is 6.31. The maximum absolute atomic E-state index is 11.3. The summed E-state index contributed by atoms with van der Waals surface area (Å²) in [6.07, 6.45) is 1.42. The summed E-state index contributed by atoms with van der Waals surface area (Å²) in [7, 11) is 0. The van der Waals surface area contributed by atoms with Crippen molar-refractivity contribution in [1.82, 2.24) is 0 Å². The number of hydrazine groups is 1. The Morgan fingerprint density at radius 2 is 1.79 bits per heavy atom. The van der Waals surface area contributed by atoms with E-state index in [0.29, 0.717) is 6.42 Å². The summed E-state index contributed by atoms with van der Waals surface area (Å²) in [6, 6.07) is 17.4. The number of benzene rings is 2. The van der Waals surface area contributed by atoms with Crippen molar-refractivity contribution in [2.45, 2.75) is 18.9 Å². The lowest BCUT2D eigenvalue weighted by atomic mass is 10.0. The zero-order chi connectivity index (χ0) is 13.2. The molecule has 1 atom stereocenters. The highest BCUT2D eigenvalue weighted by Gasteiger charge is 2.36. The van der Waals surface area contributed by atoms with Gasteiger partial charge in [-0.05, 0) is 23.6 Å². The SMILES string of the molecule is O=[N+]([O-])N1c2ccccc2CC1Cc1ccccc1. The maximum atomic E-state index is 11.3. The summed E-state index contributed by atoms with van der Waals surface area (Å²) in [4.78, 5) is 11.3. The summed E-state index contributed by atoms with van der Waals surface area (Å²) in [5.41, 5.74) is 2.92. The second kappa shape index (κ2) is 4.72. The van der Waals surface area contributed by atoms with Gasteiger partial charge in [0, 0.05) is 6.42 Å². The van der Waals surface area contributed by atoms with Gasteiger partial charge in [0.2, 0.25) is 0 Å². The molecule has 0 aromatic heterocycles. The van der Waals surface area contributed by atoms with Crippen LogP contribution < -0.4 is 5.01 Å². The van der Waals surface area contributed by atoms with E-state index < -0.39 is 0 Å². The van der Waals surface area contributed by atoms with Gasteiger partial charge in [-0.2, -0.15) is 0 Å². The van der Waals surface area contributed by atoms with Gasteiger partial charge >= 0.3 is 0 Å². The van der Waals surface area contributed by atoms with E-state index in [9.17, 15) is 10.1 Å². The molecule has 1 unspecified atom stereocenters. The van der Waals surface area contributed by atoms with Gasteiger partial charge in [-0.3, -0.25) is 0 Å². The normalized spacial score (nSPS) is 17.3. The molecule has 96 valence electrons. The number of rotatable bonds is 3. The van der Waals surface area contributed by atoms with E-state index in [0.717, 1.165) is 23.2 Å². The van der Waals surface area contributed by atoms with E-state index in [1.54, 1.807) is 0 Å². The van der Waals surface area contributed by atoms with Gasteiger partial charge in [0.25, 0.3) is 0 Å². The van der Waals surface area contributed by atoms with Crippen LogP contribution in [0.2, 0.25) is 0 Å². The van der Waals surface area contributed by atoms with Gasteiger partial charge in [0.15, 0.2) is 5.03 Å². The molecular formula is C15H14N2O2. The summed E-state index contributed by atoms with van der Waals surface area (Å²) in [5.74, 6) is 0. The van der Waals surface area contributed by atoms with Crippen molar-refractivity contribution in [3.05, 3.63) is 75.8 Å². The molecule has 2 aromatic carbocycles. The minimum absolute atomic E-state index is 0.102. The molecule has 0 aliphatic carbocycles. The molecule has 0 spiro atoms. The highest BCUT2D eigenvalue weighted by molar-refractivity contribution is 5.57. The minimum Gasteiger partial charge on any atom is -0.234 e. The zero-order valence-corrected chi connectivity index (χ0v) is 10.4. The number of para-hydroxylation sites is 1. The lowest BCUT2D eigenvalue weighted by molar-refractivity contribution is -0.498. The highest BCUT2D eigenvalue weighted by atomic mass is 16.7. The maximum Gasteiger partial charge on any atom is 0.165 e. The fourth-order valence-electron chi connectivity index (χ4n) is 2.71. The highest BCUT2D eigenvalue weighted by Crippen LogP contribution is 2.33. The molecule has 0 amide bonds. The molecule has 4 heteroatoms. The van der Waals surface area contributed by atoms with Crippen molar-refractivity contribution in [2.75, 3.05) is 5.01 Å². The van der Waals surface area contributed by atoms with Gasteiger partial charge in [0.1, 0.15) is 11.7 Å². The molecule has 4 nitrogen and oxygen atoms in total. The molecular weight excluding hydrogens is 240 g/mol. The van der Waals surface area contributed by atoms with Crippen LogP contribution in [0.3, 0.4) is 0 Å². The Hall–Kier alpha value is -2.36. The van der Waals surface area contributed by atoms with Gasteiger partial charge in [-0.25, -0.2) is 10.1 Å². The Morgan fingerprint density at radius 3 is 2.53 bits per heavy atom. The molecule has 1 aliphatic rings. The number of nitro groups is 1. The smallest absolute Gasteiger partial charge is 0.165 e. The number of nitrogens with zero attached hydrogens (tertiary/aromatic N) is 2. The monoisotopic (exact) mass is 254 g/mol. The summed E-state index contributed by atoms with van der Waals surface area (Å²) in [6.45, 7) is 0. The minimum atomic E-state index is -0.292. The molecule has 1 aliphatic heterocycles. The Bertz CT molecular complexity index is 598. The first kappa shape index (κ1) is 11.7. The van der Waals surface area contributed by atoms with Crippen LogP contribution in [0.25, 0.3) is 0 Å². The third-order valence-corrected chi connectivity index (χ3v) is 3.53. The molecule has 0 N–H and O–H groups in total. The summed E-state index contributed by atoms with van der Waals surface area (Å²) in [5, 5.41) is 12.3. The van der Waals surface area contributed by atoms with Gasteiger partial charge in [-0.15, -0.1) is 0 Å². The first-order valence-electron chi connectivity index (χ1n) is 6.31. The average Bonchev–Trinajstić information content (AvgIpc) is 2.77. The predicted molar refractivity (Wildman–Crippen MR) is 73.6 cm³/mol. The van der Waals surface area contributed by atoms with E-state index in [1.165, 1.54) is 5.01 Å². The largest absolute Gasteiger partial charge is 0.234 e.